The summed E-state index contributed by atoms with van der Waals surface area (Å²) in [7, 11) is 0. The predicted octanol–water partition coefficient (Wildman–Crippen LogP) is 1.86. The van der Waals surface area contributed by atoms with E-state index in [-0.39, 0.29) is 12.5 Å². The molecule has 0 saturated carbocycles. The van der Waals surface area contributed by atoms with E-state index in [1.165, 1.54) is 0 Å². The monoisotopic (exact) mass is 302 g/mol. The topological polar surface area (TPSA) is 110 Å². The van der Waals surface area contributed by atoms with Crippen molar-refractivity contribution in [2.45, 2.75) is 25.8 Å². The van der Waals surface area contributed by atoms with Crippen molar-refractivity contribution in [1.82, 2.24) is 5.32 Å². The maximum atomic E-state index is 13.5. The number of carboxylic acid groups (broad SMARTS) is 1. The molecule has 0 aliphatic rings. The van der Waals surface area contributed by atoms with Crippen LogP contribution >= 0.6 is 0 Å². The van der Waals surface area contributed by atoms with Gasteiger partial charge in [-0.15, -0.1) is 0 Å². The number of nitro benzene ring substituents is 1. The molecule has 0 fully saturated rings. The number of nitrogens with zero attached hydrogens (tertiary/aromatic N) is 1. The molecule has 0 radical (unpaired) electrons. The average molecular weight is 302 g/mol. The zero-order valence-corrected chi connectivity index (χ0v) is 10.9. The predicted molar refractivity (Wildman–Crippen MR) is 66.8 cm³/mol. The quantitative estimate of drug-likeness (QED) is 0.615. The lowest BCUT2D eigenvalue weighted by atomic mass is 10.1. The van der Waals surface area contributed by atoms with E-state index in [4.69, 9.17) is 5.11 Å². The van der Waals surface area contributed by atoms with Crippen LogP contribution in [-0.2, 0) is 4.79 Å². The molecule has 0 saturated heterocycles. The molecular formula is C12H12F2N2O5. The van der Waals surface area contributed by atoms with Gasteiger partial charge in [0.05, 0.1) is 10.5 Å². The highest BCUT2D eigenvalue weighted by atomic mass is 19.1. The minimum absolute atomic E-state index is 0.103. The van der Waals surface area contributed by atoms with Crippen molar-refractivity contribution in [3.05, 3.63) is 39.4 Å². The van der Waals surface area contributed by atoms with Gasteiger partial charge in [0.25, 0.3) is 5.91 Å². The van der Waals surface area contributed by atoms with Gasteiger partial charge in [-0.25, -0.2) is 9.18 Å². The van der Waals surface area contributed by atoms with Crippen LogP contribution < -0.4 is 5.32 Å². The van der Waals surface area contributed by atoms with Crippen molar-refractivity contribution in [3.63, 3.8) is 0 Å². The maximum Gasteiger partial charge on any atom is 0.326 e. The molecule has 0 spiro atoms. The molecule has 7 nitrogen and oxygen atoms in total. The largest absolute Gasteiger partial charge is 0.480 e. The molecule has 0 aromatic heterocycles. The summed E-state index contributed by atoms with van der Waals surface area (Å²) in [5.41, 5.74) is -1.85. The van der Waals surface area contributed by atoms with Gasteiger partial charge in [0.15, 0.2) is 0 Å². The van der Waals surface area contributed by atoms with Gasteiger partial charge in [-0.2, -0.15) is 4.39 Å². The van der Waals surface area contributed by atoms with Crippen LogP contribution in [0.15, 0.2) is 12.1 Å². The molecule has 1 aromatic rings. The Kier molecular flexibility index (Phi) is 5.28. The first-order chi connectivity index (χ1) is 9.77. The summed E-state index contributed by atoms with van der Waals surface area (Å²) in [4.78, 5) is 32.1. The lowest BCUT2D eigenvalue weighted by Crippen LogP contribution is -2.41. The number of carbonyl (C=O) groups excluding carboxylic acids is 1. The van der Waals surface area contributed by atoms with Crippen molar-refractivity contribution in [1.29, 1.82) is 0 Å². The van der Waals surface area contributed by atoms with E-state index in [1.807, 2.05) is 5.32 Å². The van der Waals surface area contributed by atoms with E-state index in [1.54, 1.807) is 6.92 Å². The highest BCUT2D eigenvalue weighted by molar-refractivity contribution is 5.97. The second kappa shape index (κ2) is 6.73. The highest BCUT2D eigenvalue weighted by Gasteiger charge is 2.25. The lowest BCUT2D eigenvalue weighted by molar-refractivity contribution is -0.387. The molecule has 9 heteroatoms. The maximum absolute atomic E-state index is 13.5. The molecule has 0 aliphatic heterocycles. The second-order valence-corrected chi connectivity index (χ2v) is 4.19. The zero-order valence-electron chi connectivity index (χ0n) is 10.9. The summed E-state index contributed by atoms with van der Waals surface area (Å²) in [6.45, 7) is 1.69. The molecule has 0 bridgehead atoms. The van der Waals surface area contributed by atoms with Gasteiger partial charge < -0.3 is 10.4 Å². The molecule has 1 rings (SSSR count). The third-order valence-corrected chi connectivity index (χ3v) is 2.66. The third-order valence-electron chi connectivity index (χ3n) is 2.66. The van der Waals surface area contributed by atoms with Gasteiger partial charge in [0, 0.05) is 12.1 Å². The SMILES string of the molecule is CCC[C@@H](NC(=O)c1cc([N+](=O)[O-])c(F)cc1F)C(=O)O. The summed E-state index contributed by atoms with van der Waals surface area (Å²) in [6, 6.07) is -0.612. The molecule has 2 N–H and O–H groups in total. The van der Waals surface area contributed by atoms with Crippen LogP contribution in [0, 0.1) is 21.7 Å². The number of halogens is 2. The minimum atomic E-state index is -1.42. The van der Waals surface area contributed by atoms with Crippen LogP contribution in [0.1, 0.15) is 30.1 Å². The highest BCUT2D eigenvalue weighted by Crippen LogP contribution is 2.21. The Labute approximate surface area is 117 Å². The number of hydrogen-bond donors (Lipinski definition) is 2. The van der Waals surface area contributed by atoms with E-state index < -0.39 is 45.7 Å². The molecule has 0 heterocycles. The summed E-state index contributed by atoms with van der Waals surface area (Å²) < 4.78 is 26.7. The lowest BCUT2D eigenvalue weighted by Gasteiger charge is -2.13. The Morgan fingerprint density at radius 2 is 2.00 bits per heavy atom. The Morgan fingerprint density at radius 3 is 2.48 bits per heavy atom. The number of carbonyl (C=O) groups is 2. The van der Waals surface area contributed by atoms with Crippen LogP contribution in [0.4, 0.5) is 14.5 Å². The smallest absolute Gasteiger partial charge is 0.326 e. The number of hydrogen-bond acceptors (Lipinski definition) is 4. The fourth-order valence-corrected chi connectivity index (χ4v) is 1.63. The van der Waals surface area contributed by atoms with Gasteiger partial charge >= 0.3 is 11.7 Å². The van der Waals surface area contributed by atoms with E-state index in [9.17, 15) is 28.5 Å². The normalized spacial score (nSPS) is 11.8. The van der Waals surface area contributed by atoms with Crippen LogP contribution in [0.2, 0.25) is 0 Å². The fourth-order valence-electron chi connectivity index (χ4n) is 1.63. The van der Waals surface area contributed by atoms with Gasteiger partial charge in [-0.3, -0.25) is 14.9 Å². The first-order valence-electron chi connectivity index (χ1n) is 5.95. The summed E-state index contributed by atoms with van der Waals surface area (Å²) in [6.07, 6.45) is 0.551. The molecule has 21 heavy (non-hydrogen) atoms. The fraction of sp³-hybridized carbons (Fsp3) is 0.333. The van der Waals surface area contributed by atoms with Crippen LogP contribution in [0.3, 0.4) is 0 Å². The zero-order chi connectivity index (χ0) is 16.2. The van der Waals surface area contributed by atoms with Crippen LogP contribution in [0.25, 0.3) is 0 Å². The van der Waals surface area contributed by atoms with E-state index in [0.717, 1.165) is 0 Å². The van der Waals surface area contributed by atoms with E-state index >= 15 is 0 Å². The number of nitrogens with one attached hydrogen (secondary N) is 1. The second-order valence-electron chi connectivity index (χ2n) is 4.19. The Morgan fingerprint density at radius 1 is 1.38 bits per heavy atom. The van der Waals surface area contributed by atoms with Gasteiger partial charge in [-0.1, -0.05) is 13.3 Å². The number of rotatable bonds is 6. The average Bonchev–Trinajstić information content (AvgIpc) is 2.37. The molecular weight excluding hydrogens is 290 g/mol. The molecule has 1 aromatic carbocycles. The molecule has 1 amide bonds. The van der Waals surface area contributed by atoms with Crippen molar-refractivity contribution < 1.29 is 28.4 Å². The Bertz CT molecular complexity index is 591. The number of aliphatic carboxylic acids is 1. The van der Waals surface area contributed by atoms with Crippen molar-refractivity contribution >= 4 is 17.6 Å². The number of carboxylic acids is 1. The Hall–Kier alpha value is -2.58. The summed E-state index contributed by atoms with van der Waals surface area (Å²) in [5.74, 6) is -5.20. The minimum Gasteiger partial charge on any atom is -0.480 e. The molecule has 114 valence electrons. The van der Waals surface area contributed by atoms with E-state index in [2.05, 4.69) is 0 Å². The number of nitro groups is 1. The standard InChI is InChI=1S/C12H12F2N2O5/c1-2-3-9(12(18)19)15-11(17)6-4-10(16(20)21)8(14)5-7(6)13/h4-5,9H,2-3H2,1H3,(H,15,17)(H,18,19)/t9-/m1/s1. The number of benzene rings is 1. The Balaban J connectivity index is 3.09. The van der Waals surface area contributed by atoms with Gasteiger partial charge in [-0.05, 0) is 6.42 Å². The van der Waals surface area contributed by atoms with Crippen LogP contribution in [0.5, 0.6) is 0 Å². The first-order valence-corrected chi connectivity index (χ1v) is 5.95. The van der Waals surface area contributed by atoms with Crippen molar-refractivity contribution in [2.75, 3.05) is 0 Å². The first kappa shape index (κ1) is 16.5. The van der Waals surface area contributed by atoms with Gasteiger partial charge in [0.2, 0.25) is 5.82 Å². The molecule has 0 aliphatic carbocycles. The molecule has 0 unspecified atom stereocenters. The molecule has 1 atom stereocenters. The summed E-state index contributed by atoms with van der Waals surface area (Å²) in [5, 5.41) is 21.5. The van der Waals surface area contributed by atoms with Crippen molar-refractivity contribution in [2.24, 2.45) is 0 Å². The third kappa shape index (κ3) is 3.94. The number of amides is 1. The van der Waals surface area contributed by atoms with Crippen LogP contribution in [-0.4, -0.2) is 27.9 Å². The van der Waals surface area contributed by atoms with Gasteiger partial charge in [0.1, 0.15) is 11.9 Å². The summed E-state index contributed by atoms with van der Waals surface area (Å²) >= 11 is 0. The van der Waals surface area contributed by atoms with E-state index in [0.29, 0.717) is 12.5 Å². The van der Waals surface area contributed by atoms with Crippen molar-refractivity contribution in [3.8, 4) is 0 Å².